The monoisotopic (exact) mass is 420 g/mol. The van der Waals surface area contributed by atoms with Gasteiger partial charge >= 0.3 is 0 Å². The van der Waals surface area contributed by atoms with Gasteiger partial charge in [-0.2, -0.15) is 0 Å². The van der Waals surface area contributed by atoms with Crippen LogP contribution in [0.4, 0.5) is 11.4 Å². The lowest BCUT2D eigenvalue weighted by Gasteiger charge is -2.28. The van der Waals surface area contributed by atoms with Crippen molar-refractivity contribution in [1.29, 1.82) is 0 Å². The van der Waals surface area contributed by atoms with E-state index >= 15 is 0 Å². The minimum absolute atomic E-state index is 0.111. The van der Waals surface area contributed by atoms with Crippen LogP contribution in [0.5, 0.6) is 5.75 Å². The first kappa shape index (κ1) is 20.6. The summed E-state index contributed by atoms with van der Waals surface area (Å²) in [6, 6.07) is 16.4. The molecule has 8 nitrogen and oxygen atoms in total. The van der Waals surface area contributed by atoms with Crippen molar-refractivity contribution in [2.24, 2.45) is 0 Å². The predicted molar refractivity (Wildman–Crippen MR) is 119 cm³/mol. The highest BCUT2D eigenvalue weighted by Gasteiger charge is 2.12. The summed E-state index contributed by atoms with van der Waals surface area (Å²) < 4.78 is 11.8. The zero-order chi connectivity index (χ0) is 21.6. The number of nitrogens with zero attached hydrogens (tertiary/aromatic N) is 3. The molecule has 2 heterocycles. The number of hydrogen-bond acceptors (Lipinski definition) is 6. The smallest absolute Gasteiger partial charge is 0.254 e. The fourth-order valence-electron chi connectivity index (χ4n) is 3.40. The second-order valence-electron chi connectivity index (χ2n) is 7.16. The van der Waals surface area contributed by atoms with Crippen LogP contribution in [-0.4, -0.2) is 48.9 Å². The van der Waals surface area contributed by atoms with Gasteiger partial charge in [0.25, 0.3) is 5.56 Å². The standard InChI is InChI=1S/C23H24N4O4/c1-30-20-8-2-17(3-9-20)21-14-23(29)27(16-24-21)15-22(28)25-18-4-6-19(7-5-18)26-10-12-31-13-11-26/h2-9,14,16H,10-13,15H2,1H3,(H,25,28). The van der Waals surface area contributed by atoms with Crippen molar-refractivity contribution in [1.82, 2.24) is 9.55 Å². The number of ether oxygens (including phenoxy) is 2. The van der Waals surface area contributed by atoms with Crippen molar-refractivity contribution in [2.75, 3.05) is 43.6 Å². The first-order chi connectivity index (χ1) is 15.1. The Kier molecular flexibility index (Phi) is 6.28. The number of rotatable bonds is 6. The van der Waals surface area contributed by atoms with E-state index in [0.29, 0.717) is 11.4 Å². The first-order valence-corrected chi connectivity index (χ1v) is 10.1. The van der Waals surface area contributed by atoms with E-state index in [1.807, 2.05) is 36.4 Å². The fraction of sp³-hybridized carbons (Fsp3) is 0.261. The van der Waals surface area contributed by atoms with Gasteiger partial charge in [0, 0.05) is 36.1 Å². The zero-order valence-corrected chi connectivity index (χ0v) is 17.3. The number of hydrogen-bond donors (Lipinski definition) is 1. The van der Waals surface area contributed by atoms with Crippen molar-refractivity contribution < 1.29 is 14.3 Å². The number of carbonyl (C=O) groups excluding carboxylic acids is 1. The number of amides is 1. The molecule has 0 radical (unpaired) electrons. The summed E-state index contributed by atoms with van der Waals surface area (Å²) in [5.74, 6) is 0.437. The van der Waals surface area contributed by atoms with E-state index in [-0.39, 0.29) is 18.0 Å². The normalized spacial score (nSPS) is 13.6. The molecule has 0 aliphatic carbocycles. The molecule has 4 rings (SSSR count). The second kappa shape index (κ2) is 9.44. The Morgan fingerprint density at radius 3 is 2.45 bits per heavy atom. The molecule has 1 N–H and O–H groups in total. The molecule has 0 saturated carbocycles. The van der Waals surface area contributed by atoms with Crippen molar-refractivity contribution in [3.8, 4) is 17.0 Å². The maximum atomic E-state index is 12.4. The molecule has 2 aromatic carbocycles. The highest BCUT2D eigenvalue weighted by Crippen LogP contribution is 2.20. The van der Waals surface area contributed by atoms with E-state index in [0.717, 1.165) is 43.3 Å². The summed E-state index contributed by atoms with van der Waals surface area (Å²) in [4.78, 5) is 31.4. The third-order valence-electron chi connectivity index (χ3n) is 5.11. The van der Waals surface area contributed by atoms with E-state index in [1.165, 1.54) is 17.0 Å². The zero-order valence-electron chi connectivity index (χ0n) is 17.3. The van der Waals surface area contributed by atoms with Gasteiger partial charge in [-0.05, 0) is 48.5 Å². The molecule has 1 fully saturated rings. The molecule has 0 atom stereocenters. The third kappa shape index (κ3) is 5.10. The SMILES string of the molecule is COc1ccc(-c2cc(=O)n(CC(=O)Nc3ccc(N4CCOCC4)cc3)cn2)cc1. The average Bonchev–Trinajstić information content (AvgIpc) is 2.81. The fourth-order valence-corrected chi connectivity index (χ4v) is 3.40. The number of carbonyl (C=O) groups is 1. The van der Waals surface area contributed by atoms with Gasteiger partial charge in [-0.25, -0.2) is 4.98 Å². The van der Waals surface area contributed by atoms with E-state index < -0.39 is 0 Å². The van der Waals surface area contributed by atoms with Crippen LogP contribution in [0.15, 0.2) is 65.7 Å². The van der Waals surface area contributed by atoms with Crippen LogP contribution in [-0.2, 0) is 16.1 Å². The molecule has 8 heteroatoms. The van der Waals surface area contributed by atoms with Gasteiger partial charge in [-0.15, -0.1) is 0 Å². The van der Waals surface area contributed by atoms with Gasteiger partial charge in [0.05, 0.1) is 32.3 Å². The van der Waals surface area contributed by atoms with Crippen LogP contribution in [0.1, 0.15) is 0 Å². The topological polar surface area (TPSA) is 85.7 Å². The molecule has 0 bridgehead atoms. The Balaban J connectivity index is 1.38. The highest BCUT2D eigenvalue weighted by atomic mass is 16.5. The third-order valence-corrected chi connectivity index (χ3v) is 5.11. The average molecular weight is 420 g/mol. The lowest BCUT2D eigenvalue weighted by molar-refractivity contribution is -0.116. The Labute approximate surface area is 180 Å². The van der Waals surface area contributed by atoms with E-state index in [4.69, 9.17) is 9.47 Å². The lowest BCUT2D eigenvalue weighted by Crippen LogP contribution is -2.36. The van der Waals surface area contributed by atoms with Crippen molar-refractivity contribution in [3.05, 3.63) is 71.3 Å². The van der Waals surface area contributed by atoms with Crippen LogP contribution in [0.3, 0.4) is 0 Å². The van der Waals surface area contributed by atoms with E-state index in [9.17, 15) is 9.59 Å². The number of morpholine rings is 1. The van der Waals surface area contributed by atoms with Crippen molar-refractivity contribution in [2.45, 2.75) is 6.54 Å². The number of benzene rings is 2. The molecule has 160 valence electrons. The highest BCUT2D eigenvalue weighted by molar-refractivity contribution is 5.90. The summed E-state index contributed by atoms with van der Waals surface area (Å²) in [6.45, 7) is 3.04. The minimum atomic E-state index is -0.293. The molecular formula is C23H24N4O4. The maximum Gasteiger partial charge on any atom is 0.254 e. The van der Waals surface area contributed by atoms with Crippen molar-refractivity contribution in [3.63, 3.8) is 0 Å². The van der Waals surface area contributed by atoms with Gasteiger partial charge in [0.2, 0.25) is 5.91 Å². The number of aromatic nitrogens is 2. The van der Waals surface area contributed by atoms with Gasteiger partial charge in [0.1, 0.15) is 12.3 Å². The van der Waals surface area contributed by atoms with E-state index in [1.54, 1.807) is 19.2 Å². The summed E-state index contributed by atoms with van der Waals surface area (Å²) in [6.07, 6.45) is 1.39. The second-order valence-corrected chi connectivity index (χ2v) is 7.16. The maximum absolute atomic E-state index is 12.4. The quantitative estimate of drug-likeness (QED) is 0.659. The molecule has 0 spiro atoms. The first-order valence-electron chi connectivity index (χ1n) is 10.1. The predicted octanol–water partition coefficient (Wildman–Crippen LogP) is 2.39. The van der Waals surface area contributed by atoms with Crippen molar-refractivity contribution >= 4 is 17.3 Å². The largest absolute Gasteiger partial charge is 0.497 e. The van der Waals surface area contributed by atoms with Crippen LogP contribution < -0.4 is 20.5 Å². The Bertz CT molecular complexity index is 1090. The van der Waals surface area contributed by atoms with Gasteiger partial charge in [-0.3, -0.25) is 14.2 Å². The Morgan fingerprint density at radius 2 is 1.81 bits per heavy atom. The number of nitrogens with one attached hydrogen (secondary N) is 1. The van der Waals surface area contributed by atoms with Crippen LogP contribution in [0, 0.1) is 0 Å². The Morgan fingerprint density at radius 1 is 1.10 bits per heavy atom. The summed E-state index contributed by atoms with van der Waals surface area (Å²) in [5, 5.41) is 2.82. The number of methoxy groups -OCH3 is 1. The minimum Gasteiger partial charge on any atom is -0.497 e. The van der Waals surface area contributed by atoms with Gasteiger partial charge in [0.15, 0.2) is 0 Å². The summed E-state index contributed by atoms with van der Waals surface area (Å²) >= 11 is 0. The lowest BCUT2D eigenvalue weighted by atomic mass is 10.1. The van der Waals surface area contributed by atoms with Gasteiger partial charge < -0.3 is 19.7 Å². The molecule has 1 amide bonds. The van der Waals surface area contributed by atoms with Crippen LogP contribution >= 0.6 is 0 Å². The molecule has 31 heavy (non-hydrogen) atoms. The number of anilines is 2. The molecule has 3 aromatic rings. The Hall–Kier alpha value is -3.65. The molecule has 0 unspecified atom stereocenters. The molecule has 1 aliphatic heterocycles. The molecule has 1 saturated heterocycles. The molecular weight excluding hydrogens is 396 g/mol. The summed E-state index contributed by atoms with van der Waals surface area (Å²) in [7, 11) is 1.60. The van der Waals surface area contributed by atoms with Crippen LogP contribution in [0.25, 0.3) is 11.3 Å². The van der Waals surface area contributed by atoms with E-state index in [2.05, 4.69) is 15.2 Å². The van der Waals surface area contributed by atoms with Gasteiger partial charge in [-0.1, -0.05) is 0 Å². The molecule has 1 aromatic heterocycles. The van der Waals surface area contributed by atoms with Crippen LogP contribution in [0.2, 0.25) is 0 Å². The molecule has 1 aliphatic rings. The summed E-state index contributed by atoms with van der Waals surface area (Å²) in [5.41, 5.74) is 2.82.